The van der Waals surface area contributed by atoms with E-state index in [4.69, 9.17) is 27.6 Å². The molecule has 1 amide bonds. The molecule has 0 bridgehead atoms. The van der Waals surface area contributed by atoms with Gasteiger partial charge in [-0.3, -0.25) is 4.79 Å². The van der Waals surface area contributed by atoms with Crippen molar-refractivity contribution in [2.75, 3.05) is 5.75 Å². The van der Waals surface area contributed by atoms with E-state index in [1.165, 1.54) is 11.8 Å². The largest absolute Gasteiger partial charge is 0.431 e. The molecule has 1 aromatic heterocycles. The van der Waals surface area contributed by atoms with Crippen LogP contribution in [0.4, 0.5) is 0 Å². The lowest BCUT2D eigenvalue weighted by Crippen LogP contribution is -2.28. The van der Waals surface area contributed by atoms with E-state index in [2.05, 4.69) is 10.3 Å². The van der Waals surface area contributed by atoms with Crippen LogP contribution in [-0.4, -0.2) is 16.6 Å². The SMILES string of the molecule is C[C@H](NC(=O)CSc1nc2ccccc2o1)c1ccc(Cl)c(Cl)c1. The first-order chi connectivity index (χ1) is 11.5. The lowest BCUT2D eigenvalue weighted by Gasteiger charge is -2.14. The average Bonchev–Trinajstić information content (AvgIpc) is 2.98. The Labute approximate surface area is 153 Å². The topological polar surface area (TPSA) is 55.1 Å². The Bertz CT molecular complexity index is 849. The minimum atomic E-state index is -0.170. The number of carbonyl (C=O) groups excluding carboxylic acids is 1. The van der Waals surface area contributed by atoms with Crippen LogP contribution < -0.4 is 5.32 Å². The molecule has 124 valence electrons. The summed E-state index contributed by atoms with van der Waals surface area (Å²) in [5.74, 6) is 0.110. The van der Waals surface area contributed by atoms with E-state index in [-0.39, 0.29) is 17.7 Å². The van der Waals surface area contributed by atoms with Gasteiger partial charge in [-0.1, -0.05) is 53.2 Å². The third-order valence-electron chi connectivity index (χ3n) is 3.42. The number of hydrogen-bond acceptors (Lipinski definition) is 4. The molecule has 1 N–H and O–H groups in total. The Hall–Kier alpha value is -1.69. The highest BCUT2D eigenvalue weighted by atomic mass is 35.5. The molecule has 0 aliphatic carbocycles. The molecule has 4 nitrogen and oxygen atoms in total. The van der Waals surface area contributed by atoms with Crippen LogP contribution in [0.25, 0.3) is 11.1 Å². The summed E-state index contributed by atoms with van der Waals surface area (Å²) in [5, 5.41) is 4.36. The minimum absolute atomic E-state index is 0.110. The minimum Gasteiger partial charge on any atom is -0.431 e. The van der Waals surface area contributed by atoms with Gasteiger partial charge in [0, 0.05) is 0 Å². The van der Waals surface area contributed by atoms with E-state index >= 15 is 0 Å². The number of thioether (sulfide) groups is 1. The molecule has 0 aliphatic heterocycles. The Balaban J connectivity index is 1.57. The number of amides is 1. The first-order valence-electron chi connectivity index (χ1n) is 7.25. The van der Waals surface area contributed by atoms with Crippen LogP contribution in [0.1, 0.15) is 18.5 Å². The van der Waals surface area contributed by atoms with Gasteiger partial charge in [0.15, 0.2) is 5.58 Å². The predicted molar refractivity (Wildman–Crippen MR) is 97.8 cm³/mol. The molecule has 0 radical (unpaired) electrons. The average molecular weight is 381 g/mol. The van der Waals surface area contributed by atoms with Crippen molar-refractivity contribution in [3.8, 4) is 0 Å². The van der Waals surface area contributed by atoms with Crippen LogP contribution in [0.3, 0.4) is 0 Å². The molecule has 0 saturated heterocycles. The van der Waals surface area contributed by atoms with Crippen molar-refractivity contribution in [1.82, 2.24) is 10.3 Å². The summed E-state index contributed by atoms with van der Waals surface area (Å²) in [5.41, 5.74) is 2.39. The van der Waals surface area contributed by atoms with E-state index in [0.717, 1.165) is 11.1 Å². The van der Waals surface area contributed by atoms with Crippen LogP contribution >= 0.6 is 35.0 Å². The lowest BCUT2D eigenvalue weighted by molar-refractivity contribution is -0.119. The summed E-state index contributed by atoms with van der Waals surface area (Å²) in [4.78, 5) is 16.4. The fourth-order valence-electron chi connectivity index (χ4n) is 2.19. The van der Waals surface area contributed by atoms with Crippen LogP contribution in [0.5, 0.6) is 0 Å². The molecule has 3 aromatic rings. The first-order valence-corrected chi connectivity index (χ1v) is 9.00. The number of hydrogen-bond donors (Lipinski definition) is 1. The van der Waals surface area contributed by atoms with E-state index in [1.807, 2.05) is 37.3 Å². The maximum absolute atomic E-state index is 12.1. The lowest BCUT2D eigenvalue weighted by atomic mass is 10.1. The molecule has 1 atom stereocenters. The summed E-state index contributed by atoms with van der Waals surface area (Å²) < 4.78 is 5.58. The number of nitrogens with zero attached hydrogens (tertiary/aromatic N) is 1. The third kappa shape index (κ3) is 4.04. The second kappa shape index (κ2) is 7.47. The Morgan fingerprint density at radius 1 is 1.25 bits per heavy atom. The van der Waals surface area contributed by atoms with Gasteiger partial charge in [0.05, 0.1) is 21.8 Å². The van der Waals surface area contributed by atoms with Gasteiger partial charge in [0.2, 0.25) is 5.91 Å². The normalized spacial score (nSPS) is 12.3. The van der Waals surface area contributed by atoms with Crippen molar-refractivity contribution in [3.63, 3.8) is 0 Å². The summed E-state index contributed by atoms with van der Waals surface area (Å²) in [6.07, 6.45) is 0. The molecule has 0 fully saturated rings. The number of fused-ring (bicyclic) bond motifs is 1. The van der Waals surface area contributed by atoms with Gasteiger partial charge in [-0.05, 0) is 36.8 Å². The number of aromatic nitrogens is 1. The van der Waals surface area contributed by atoms with Crippen molar-refractivity contribution in [3.05, 3.63) is 58.1 Å². The van der Waals surface area contributed by atoms with E-state index in [9.17, 15) is 4.79 Å². The van der Waals surface area contributed by atoms with Crippen molar-refractivity contribution in [1.29, 1.82) is 0 Å². The Kier molecular flexibility index (Phi) is 5.33. The highest BCUT2D eigenvalue weighted by molar-refractivity contribution is 7.99. The van der Waals surface area contributed by atoms with Crippen molar-refractivity contribution >= 4 is 52.0 Å². The molecule has 0 spiro atoms. The van der Waals surface area contributed by atoms with Gasteiger partial charge < -0.3 is 9.73 Å². The van der Waals surface area contributed by atoms with Crippen LogP contribution in [-0.2, 0) is 4.79 Å². The molecule has 2 aromatic carbocycles. The molecule has 0 unspecified atom stereocenters. The molecule has 1 heterocycles. The number of benzene rings is 2. The highest BCUT2D eigenvalue weighted by Gasteiger charge is 2.13. The zero-order valence-electron chi connectivity index (χ0n) is 12.8. The van der Waals surface area contributed by atoms with E-state index < -0.39 is 0 Å². The molecule has 0 saturated carbocycles. The van der Waals surface area contributed by atoms with Gasteiger partial charge >= 0.3 is 0 Å². The smallest absolute Gasteiger partial charge is 0.257 e. The fourth-order valence-corrected chi connectivity index (χ4v) is 3.14. The fraction of sp³-hybridized carbons (Fsp3) is 0.176. The molecular formula is C17H14Cl2N2O2S. The number of para-hydroxylation sites is 2. The maximum Gasteiger partial charge on any atom is 0.257 e. The van der Waals surface area contributed by atoms with Crippen LogP contribution in [0, 0.1) is 0 Å². The molecule has 3 rings (SSSR count). The number of rotatable bonds is 5. The monoisotopic (exact) mass is 380 g/mol. The van der Waals surface area contributed by atoms with Gasteiger partial charge in [-0.15, -0.1) is 0 Å². The Morgan fingerprint density at radius 3 is 2.79 bits per heavy atom. The van der Waals surface area contributed by atoms with Gasteiger partial charge in [0.1, 0.15) is 5.52 Å². The van der Waals surface area contributed by atoms with Crippen molar-refractivity contribution in [2.24, 2.45) is 0 Å². The Morgan fingerprint density at radius 2 is 2.04 bits per heavy atom. The van der Waals surface area contributed by atoms with Crippen LogP contribution in [0.15, 0.2) is 52.1 Å². The van der Waals surface area contributed by atoms with E-state index in [0.29, 0.717) is 20.9 Å². The van der Waals surface area contributed by atoms with Crippen LogP contribution in [0.2, 0.25) is 10.0 Å². The number of halogens is 2. The van der Waals surface area contributed by atoms with Gasteiger partial charge in [-0.25, -0.2) is 4.98 Å². The highest BCUT2D eigenvalue weighted by Crippen LogP contribution is 2.26. The van der Waals surface area contributed by atoms with Crippen molar-refractivity contribution < 1.29 is 9.21 Å². The number of nitrogens with one attached hydrogen (secondary N) is 1. The van der Waals surface area contributed by atoms with E-state index in [1.54, 1.807) is 12.1 Å². The first kappa shape index (κ1) is 17.1. The van der Waals surface area contributed by atoms with Gasteiger partial charge in [-0.2, -0.15) is 0 Å². The zero-order valence-corrected chi connectivity index (χ0v) is 15.1. The summed E-state index contributed by atoms with van der Waals surface area (Å²) in [7, 11) is 0. The second-order valence-electron chi connectivity index (χ2n) is 5.20. The quantitative estimate of drug-likeness (QED) is 0.625. The maximum atomic E-state index is 12.1. The standard InChI is InChI=1S/C17H14Cl2N2O2S/c1-10(11-6-7-12(18)13(19)8-11)20-16(22)9-24-17-21-14-4-2-3-5-15(14)23-17/h2-8,10H,9H2,1H3,(H,20,22)/t10-/m0/s1. The number of carbonyl (C=O) groups is 1. The summed E-state index contributed by atoms with van der Waals surface area (Å²) >= 11 is 13.2. The molecular weight excluding hydrogens is 367 g/mol. The zero-order chi connectivity index (χ0) is 17.1. The predicted octanol–water partition coefficient (Wildman–Crippen LogP) is 5.10. The summed E-state index contributed by atoms with van der Waals surface area (Å²) in [6, 6.07) is 12.6. The molecule has 0 aliphatic rings. The summed E-state index contributed by atoms with van der Waals surface area (Å²) in [6.45, 7) is 1.89. The molecule has 7 heteroatoms. The third-order valence-corrected chi connectivity index (χ3v) is 4.99. The van der Waals surface area contributed by atoms with Gasteiger partial charge in [0.25, 0.3) is 5.22 Å². The molecule has 24 heavy (non-hydrogen) atoms. The second-order valence-corrected chi connectivity index (χ2v) is 6.94. The van der Waals surface area contributed by atoms with Crippen molar-refractivity contribution in [2.45, 2.75) is 18.2 Å². The number of oxazole rings is 1.